The normalized spacial score (nSPS) is 15.3. The van der Waals surface area contributed by atoms with Gasteiger partial charge in [-0.2, -0.15) is 0 Å². The largest absolute Gasteiger partial charge is 0.284 e. The Morgan fingerprint density at radius 3 is 1.75 bits per heavy atom. The first-order valence-electron chi connectivity index (χ1n) is 10.5. The van der Waals surface area contributed by atoms with Crippen LogP contribution in [0.25, 0.3) is 0 Å². The second-order valence-electron chi connectivity index (χ2n) is 10.3. The third-order valence-electron chi connectivity index (χ3n) is 4.84. The molecule has 0 bridgehead atoms. The van der Waals surface area contributed by atoms with Crippen LogP contribution in [0.15, 0.2) is 53.0 Å². The molecule has 0 spiro atoms. The minimum absolute atomic E-state index is 0. The Kier molecular flexibility index (Phi) is 14.4. The Morgan fingerprint density at radius 2 is 1.43 bits per heavy atom. The van der Waals surface area contributed by atoms with Gasteiger partial charge in [0.25, 0.3) is 0 Å². The van der Waals surface area contributed by atoms with E-state index < -0.39 is 28.9 Å². The molecule has 0 atom stereocenters. The van der Waals surface area contributed by atoms with E-state index in [9.17, 15) is 0 Å². The van der Waals surface area contributed by atoms with Crippen molar-refractivity contribution in [1.82, 2.24) is 0 Å². The van der Waals surface area contributed by atoms with Gasteiger partial charge in [-0.25, -0.2) is 0 Å². The van der Waals surface area contributed by atoms with Crippen molar-refractivity contribution < 1.29 is 21.7 Å². The first-order chi connectivity index (χ1) is 12.2. The molecule has 0 heterocycles. The summed E-state index contributed by atoms with van der Waals surface area (Å²) in [6, 6.07) is 0. The van der Waals surface area contributed by atoms with Gasteiger partial charge >= 0.3 is 0 Å². The SMILES string of the molecule is CC=CC=CCCC.C[Si](C)(C)P(=NC1=CC=CC1)([Si](C)(C)C)[Si](C)(C)C.[Ti]. The minimum atomic E-state index is -1.28. The number of hydrogen-bond donors (Lipinski definition) is 0. The van der Waals surface area contributed by atoms with Crippen molar-refractivity contribution in [1.29, 1.82) is 0 Å². The number of allylic oxidation sites excluding steroid dienone is 7. The Balaban J connectivity index is 0. The van der Waals surface area contributed by atoms with Crippen molar-refractivity contribution in [3.8, 4) is 0 Å². The topological polar surface area (TPSA) is 12.4 Å². The summed E-state index contributed by atoms with van der Waals surface area (Å²) in [7, 11) is -3.83. The number of unbranched alkanes of at least 4 members (excludes halogenated alkanes) is 1. The summed E-state index contributed by atoms with van der Waals surface area (Å²) in [6.07, 6.45) is 18.6. The van der Waals surface area contributed by atoms with Crippen molar-refractivity contribution in [3.63, 3.8) is 0 Å². The molecule has 1 nitrogen and oxygen atoms in total. The van der Waals surface area contributed by atoms with Gasteiger partial charge in [-0.1, -0.05) is 114 Å². The van der Waals surface area contributed by atoms with Crippen LogP contribution in [0, 0.1) is 0 Å². The van der Waals surface area contributed by atoms with E-state index in [1.54, 1.807) is 0 Å². The summed E-state index contributed by atoms with van der Waals surface area (Å²) in [5.41, 5.74) is 0.212. The van der Waals surface area contributed by atoms with Crippen LogP contribution in [0.5, 0.6) is 0 Å². The van der Waals surface area contributed by atoms with Crippen LogP contribution < -0.4 is 0 Å². The maximum absolute atomic E-state index is 5.62. The van der Waals surface area contributed by atoms with Gasteiger partial charge < -0.3 is 0 Å². The van der Waals surface area contributed by atoms with Crippen LogP contribution in [0.4, 0.5) is 0 Å². The molecule has 0 saturated carbocycles. The molecule has 0 amide bonds. The molecule has 0 aromatic carbocycles. The Bertz CT molecular complexity index is 585. The summed E-state index contributed by atoms with van der Waals surface area (Å²) >= 11 is 0. The van der Waals surface area contributed by atoms with Crippen LogP contribution in [0.1, 0.15) is 33.1 Å². The first kappa shape index (κ1) is 30.7. The van der Waals surface area contributed by atoms with E-state index >= 15 is 0 Å². The standard InChI is InChI=1S/C14H32NPSi3.C8H14.Ti/c1-17(2,3)16(18(4,5)6,19(7,8)9)15-14-12-10-11-13-14;1-3-5-7-8-6-4-2;/h10-12H,13H2,1-9H3;3,5,7-8H,4,6H2,1-2H3;. The molecule has 0 aromatic rings. The molecule has 0 saturated heterocycles. The molecular formula is C22H46NPSi3Ti. The average Bonchev–Trinajstić information content (AvgIpc) is 2.99. The number of hydrogen-bond acceptors (Lipinski definition) is 1. The monoisotopic (exact) mass is 487 g/mol. The molecule has 1 rings (SSSR count). The van der Waals surface area contributed by atoms with E-state index in [1.165, 1.54) is 18.5 Å². The summed E-state index contributed by atoms with van der Waals surface area (Å²) in [5, 5.41) is 0. The van der Waals surface area contributed by atoms with Crippen LogP contribution in [0.3, 0.4) is 0 Å². The fourth-order valence-corrected chi connectivity index (χ4v) is 88.4. The van der Waals surface area contributed by atoms with Crippen molar-refractivity contribution >= 4 is 28.9 Å². The summed E-state index contributed by atoms with van der Waals surface area (Å²) in [4.78, 5) is 0. The van der Waals surface area contributed by atoms with Crippen molar-refractivity contribution in [3.05, 3.63) is 48.2 Å². The molecule has 1 aliphatic carbocycles. The van der Waals surface area contributed by atoms with E-state index in [1.807, 2.05) is 13.0 Å². The van der Waals surface area contributed by atoms with Gasteiger partial charge in [-0.15, -0.1) is 0 Å². The first-order valence-corrected chi connectivity index (χ1v) is 25.3. The van der Waals surface area contributed by atoms with E-state index in [0.717, 1.165) is 6.42 Å². The minimum Gasteiger partial charge on any atom is -0.284 e. The molecule has 28 heavy (non-hydrogen) atoms. The molecule has 0 unspecified atom stereocenters. The average molecular weight is 488 g/mol. The summed E-state index contributed by atoms with van der Waals surface area (Å²) in [5.74, 6) is 0. The maximum atomic E-state index is 5.62. The van der Waals surface area contributed by atoms with Crippen LogP contribution in [0.2, 0.25) is 58.9 Å². The molecule has 0 N–H and O–H groups in total. The zero-order valence-corrected chi connectivity index (χ0v) is 26.0. The predicted molar refractivity (Wildman–Crippen MR) is 140 cm³/mol. The van der Waals surface area contributed by atoms with E-state index in [-0.39, 0.29) is 21.7 Å². The second-order valence-corrected chi connectivity index (χ2v) is 46.7. The van der Waals surface area contributed by atoms with E-state index in [0.29, 0.717) is 0 Å². The summed E-state index contributed by atoms with van der Waals surface area (Å²) < 4.78 is 5.62. The fourth-order valence-electron chi connectivity index (χ4n) is 4.62. The van der Waals surface area contributed by atoms with Crippen molar-refractivity contribution in [2.45, 2.75) is 92.0 Å². The zero-order chi connectivity index (χ0) is 21.4. The van der Waals surface area contributed by atoms with Crippen LogP contribution in [-0.2, 0) is 21.7 Å². The molecule has 160 valence electrons. The quantitative estimate of drug-likeness (QED) is 0.193. The van der Waals surface area contributed by atoms with Gasteiger partial charge in [-0.05, 0) is 19.4 Å². The van der Waals surface area contributed by atoms with E-state index in [2.05, 4.69) is 102 Å². The van der Waals surface area contributed by atoms with Gasteiger partial charge in [0.15, 0.2) is 0 Å². The van der Waals surface area contributed by atoms with E-state index in [4.69, 9.17) is 4.74 Å². The third kappa shape index (κ3) is 8.74. The third-order valence-corrected chi connectivity index (χ3v) is 65.8. The summed E-state index contributed by atoms with van der Waals surface area (Å²) in [6.45, 7) is 27.5. The van der Waals surface area contributed by atoms with Gasteiger partial charge in [-0.3, -0.25) is 4.74 Å². The van der Waals surface area contributed by atoms with Crippen molar-refractivity contribution in [2.24, 2.45) is 4.74 Å². The van der Waals surface area contributed by atoms with Crippen molar-refractivity contribution in [2.75, 3.05) is 0 Å². The molecule has 0 fully saturated rings. The van der Waals surface area contributed by atoms with Crippen LogP contribution >= 0.6 is 5.70 Å². The Labute approximate surface area is 194 Å². The predicted octanol–water partition coefficient (Wildman–Crippen LogP) is 9.45. The molecule has 0 aromatic heterocycles. The van der Waals surface area contributed by atoms with Gasteiger partial charge in [0.2, 0.25) is 0 Å². The van der Waals surface area contributed by atoms with Gasteiger partial charge in [0, 0.05) is 33.8 Å². The zero-order valence-electron chi connectivity index (χ0n) is 20.6. The van der Waals surface area contributed by atoms with Gasteiger partial charge in [0.05, 0.1) is 23.2 Å². The number of rotatable bonds is 7. The Morgan fingerprint density at radius 1 is 0.929 bits per heavy atom. The molecule has 1 aliphatic rings. The number of nitrogens with zero attached hydrogens (tertiary/aromatic N) is 1. The van der Waals surface area contributed by atoms with Gasteiger partial charge in [0.1, 0.15) is 0 Å². The fraction of sp³-hybridized carbons (Fsp3) is 0.636. The molecule has 0 aliphatic heterocycles. The molecule has 0 radical (unpaired) electrons. The molecule has 6 heteroatoms. The smallest absolute Gasteiger partial charge is 0.0843 e. The Hall–Kier alpha value is 0.555. The second kappa shape index (κ2) is 13.1. The molecular weight excluding hydrogens is 441 g/mol. The maximum Gasteiger partial charge on any atom is 0.0843 e. The van der Waals surface area contributed by atoms with Crippen LogP contribution in [-0.4, -0.2) is 23.2 Å².